The van der Waals surface area contributed by atoms with Crippen LogP contribution < -0.4 is 0 Å². The van der Waals surface area contributed by atoms with E-state index >= 15 is 0 Å². The molecule has 3 heteroatoms. The van der Waals surface area contributed by atoms with Crippen molar-refractivity contribution < 1.29 is 15.0 Å². The molecule has 0 aromatic carbocycles. The topological polar surface area (TPSA) is 57.5 Å². The van der Waals surface area contributed by atoms with Crippen LogP contribution in [-0.4, -0.2) is 22.3 Å². The molecule has 0 spiro atoms. The van der Waals surface area contributed by atoms with Gasteiger partial charge < -0.3 is 10.2 Å². The molecule has 2 N–H and O–H groups in total. The highest BCUT2D eigenvalue weighted by molar-refractivity contribution is 5.78. The average Bonchev–Trinajstić information content (AvgIpc) is 2.06. The van der Waals surface area contributed by atoms with Gasteiger partial charge in [-0.3, -0.25) is 4.79 Å². The Morgan fingerprint density at radius 3 is 1.92 bits per heavy atom. The summed E-state index contributed by atoms with van der Waals surface area (Å²) >= 11 is 0. The minimum Gasteiger partial charge on any atom is -0.368 e. The molecule has 0 radical (unpaired) electrons. The van der Waals surface area contributed by atoms with Gasteiger partial charge in [0.25, 0.3) is 0 Å². The van der Waals surface area contributed by atoms with Crippen molar-refractivity contribution in [3.8, 4) is 0 Å². The molecular formula is C10H20O3. The van der Waals surface area contributed by atoms with Crippen LogP contribution in [0.1, 0.15) is 51.9 Å². The summed E-state index contributed by atoms with van der Waals surface area (Å²) in [5.41, 5.74) is 0. The lowest BCUT2D eigenvalue weighted by molar-refractivity contribution is -0.120. The highest BCUT2D eigenvalue weighted by atomic mass is 16.5. The van der Waals surface area contributed by atoms with Crippen LogP contribution in [0.4, 0.5) is 0 Å². The molecule has 78 valence electrons. The Balaban J connectivity index is 0.000000226. The van der Waals surface area contributed by atoms with Gasteiger partial charge in [0.05, 0.1) is 0 Å². The van der Waals surface area contributed by atoms with Crippen molar-refractivity contribution in [2.45, 2.75) is 58.2 Å². The summed E-state index contributed by atoms with van der Waals surface area (Å²) in [6.45, 7) is 1.90. The van der Waals surface area contributed by atoms with Crippen LogP contribution in [0.3, 0.4) is 0 Å². The molecule has 3 nitrogen and oxygen atoms in total. The number of aliphatic hydroxyl groups is 2. The number of ketones is 1. The number of carbonyl (C=O) groups is 1. The molecular weight excluding hydrogens is 168 g/mol. The number of carbonyl (C=O) groups excluding carboxylic acids is 1. The van der Waals surface area contributed by atoms with Crippen LogP contribution in [0.15, 0.2) is 0 Å². The highest BCUT2D eigenvalue weighted by Gasteiger charge is 2.05. The molecule has 0 bridgehead atoms. The Kier molecular flexibility index (Phi) is 7.94. The lowest BCUT2D eigenvalue weighted by Gasteiger charge is -2.05. The molecule has 13 heavy (non-hydrogen) atoms. The largest absolute Gasteiger partial charge is 0.368 e. The maximum absolute atomic E-state index is 10.5. The fraction of sp³-hybridized carbons (Fsp3) is 0.900. The number of hydrogen-bond acceptors (Lipinski definition) is 3. The van der Waals surface area contributed by atoms with Gasteiger partial charge in [-0.25, -0.2) is 0 Å². The minimum absolute atomic E-state index is 0.464. The van der Waals surface area contributed by atoms with Gasteiger partial charge >= 0.3 is 0 Å². The lowest BCUT2D eigenvalue weighted by Crippen LogP contribution is -2.02. The van der Waals surface area contributed by atoms with Crippen LogP contribution in [-0.2, 0) is 4.79 Å². The fourth-order valence-electron chi connectivity index (χ4n) is 1.20. The summed E-state index contributed by atoms with van der Waals surface area (Å²) in [5.74, 6) is 0.464. The third-order valence-electron chi connectivity index (χ3n) is 1.96. The summed E-state index contributed by atoms with van der Waals surface area (Å²) in [4.78, 5) is 10.5. The first-order chi connectivity index (χ1) is 6.16. The van der Waals surface area contributed by atoms with Crippen LogP contribution in [0.5, 0.6) is 0 Å². The number of hydrogen-bond donors (Lipinski definition) is 2. The van der Waals surface area contributed by atoms with Crippen molar-refractivity contribution in [1.29, 1.82) is 0 Å². The summed E-state index contributed by atoms with van der Waals surface area (Å²) in [7, 11) is 0. The second kappa shape index (κ2) is 8.20. The Morgan fingerprint density at radius 2 is 1.77 bits per heavy atom. The standard InChI is InChI=1S/C6H10O.C4H10O2/c7-6-4-2-1-3-5-6;1-2-3-4(5)6/h1-5H2;4-6H,2-3H2,1H3. The van der Waals surface area contributed by atoms with Crippen molar-refractivity contribution in [2.24, 2.45) is 0 Å². The van der Waals surface area contributed by atoms with E-state index in [9.17, 15) is 4.79 Å². The van der Waals surface area contributed by atoms with Gasteiger partial charge in [-0.1, -0.05) is 19.8 Å². The second-order valence-corrected chi connectivity index (χ2v) is 3.37. The molecule has 0 heterocycles. The number of rotatable bonds is 2. The Bertz CT molecular complexity index is 124. The molecule has 1 saturated carbocycles. The van der Waals surface area contributed by atoms with Crippen molar-refractivity contribution in [3.63, 3.8) is 0 Å². The van der Waals surface area contributed by atoms with Crippen molar-refractivity contribution >= 4 is 5.78 Å². The summed E-state index contributed by atoms with van der Waals surface area (Å²) in [6, 6.07) is 0. The van der Waals surface area contributed by atoms with Gasteiger partial charge in [-0.05, 0) is 19.3 Å². The van der Waals surface area contributed by atoms with E-state index in [-0.39, 0.29) is 0 Å². The van der Waals surface area contributed by atoms with Crippen molar-refractivity contribution in [2.75, 3.05) is 0 Å². The van der Waals surface area contributed by atoms with Gasteiger partial charge in [-0.2, -0.15) is 0 Å². The molecule has 0 aromatic rings. The van der Waals surface area contributed by atoms with Crippen molar-refractivity contribution in [3.05, 3.63) is 0 Å². The van der Waals surface area contributed by atoms with E-state index in [1.807, 2.05) is 6.92 Å². The summed E-state index contributed by atoms with van der Waals surface area (Å²) < 4.78 is 0. The first kappa shape index (κ1) is 12.6. The Labute approximate surface area is 79.8 Å². The minimum atomic E-state index is -1.10. The molecule has 1 aliphatic rings. The Hall–Kier alpha value is -0.410. The number of aliphatic hydroxyl groups excluding tert-OH is 1. The van der Waals surface area contributed by atoms with E-state index in [0.717, 1.165) is 32.1 Å². The van der Waals surface area contributed by atoms with Crippen molar-refractivity contribution in [1.82, 2.24) is 0 Å². The van der Waals surface area contributed by atoms with Gasteiger partial charge in [0.1, 0.15) is 5.78 Å². The van der Waals surface area contributed by atoms with Crippen LogP contribution in [0.25, 0.3) is 0 Å². The summed E-state index contributed by atoms with van der Waals surface area (Å²) in [5, 5.41) is 16.2. The van der Waals surface area contributed by atoms with Gasteiger partial charge in [0.15, 0.2) is 6.29 Å². The third-order valence-corrected chi connectivity index (χ3v) is 1.96. The van der Waals surface area contributed by atoms with E-state index < -0.39 is 6.29 Å². The quantitative estimate of drug-likeness (QED) is 0.647. The molecule has 0 aromatic heterocycles. The molecule has 0 aliphatic heterocycles. The zero-order valence-corrected chi connectivity index (χ0v) is 8.33. The van der Waals surface area contributed by atoms with Crippen LogP contribution in [0, 0.1) is 0 Å². The summed E-state index contributed by atoms with van der Waals surface area (Å²) in [6.07, 6.45) is 5.45. The van der Waals surface area contributed by atoms with E-state index in [0.29, 0.717) is 12.2 Å². The predicted octanol–water partition coefficient (Wildman–Crippen LogP) is 1.62. The molecule has 1 fully saturated rings. The third kappa shape index (κ3) is 9.50. The van der Waals surface area contributed by atoms with Gasteiger partial charge in [0.2, 0.25) is 0 Å². The molecule has 0 amide bonds. The van der Waals surface area contributed by atoms with Crippen LogP contribution in [0.2, 0.25) is 0 Å². The molecule has 0 saturated heterocycles. The first-order valence-corrected chi connectivity index (χ1v) is 5.04. The molecule has 1 rings (SSSR count). The monoisotopic (exact) mass is 188 g/mol. The van der Waals surface area contributed by atoms with Gasteiger partial charge in [-0.15, -0.1) is 0 Å². The molecule has 0 atom stereocenters. The smallest absolute Gasteiger partial charge is 0.151 e. The highest BCUT2D eigenvalue weighted by Crippen LogP contribution is 2.12. The van der Waals surface area contributed by atoms with E-state index in [1.54, 1.807) is 0 Å². The average molecular weight is 188 g/mol. The van der Waals surface area contributed by atoms with E-state index in [1.165, 1.54) is 6.42 Å². The zero-order valence-electron chi connectivity index (χ0n) is 8.33. The maximum atomic E-state index is 10.5. The normalized spacial score (nSPS) is 16.8. The van der Waals surface area contributed by atoms with E-state index in [4.69, 9.17) is 10.2 Å². The second-order valence-electron chi connectivity index (χ2n) is 3.37. The molecule has 0 unspecified atom stereocenters. The first-order valence-electron chi connectivity index (χ1n) is 5.04. The zero-order chi connectivity index (χ0) is 10.1. The molecule has 1 aliphatic carbocycles. The Morgan fingerprint density at radius 1 is 1.23 bits per heavy atom. The SMILES string of the molecule is CCCC(O)O.O=C1CCCCC1. The predicted molar refractivity (Wildman–Crippen MR) is 51.2 cm³/mol. The maximum Gasteiger partial charge on any atom is 0.151 e. The number of Topliss-reactive ketones (excluding diaryl/α,β-unsaturated/α-hetero) is 1. The van der Waals surface area contributed by atoms with E-state index in [2.05, 4.69) is 0 Å². The lowest BCUT2D eigenvalue weighted by atomic mass is 10.00. The van der Waals surface area contributed by atoms with Crippen LogP contribution >= 0.6 is 0 Å². The van der Waals surface area contributed by atoms with Gasteiger partial charge in [0, 0.05) is 12.8 Å². The fourth-order valence-corrected chi connectivity index (χ4v) is 1.20.